The van der Waals surface area contributed by atoms with Gasteiger partial charge in [0.2, 0.25) is 0 Å². The van der Waals surface area contributed by atoms with Crippen molar-refractivity contribution < 1.29 is 9.47 Å². The van der Waals surface area contributed by atoms with Gasteiger partial charge in [-0.15, -0.1) is 0 Å². The highest BCUT2D eigenvalue weighted by atomic mass is 16.5. The molecule has 1 aromatic heterocycles. The zero-order valence-corrected chi connectivity index (χ0v) is 11.1. The molecule has 19 heavy (non-hydrogen) atoms. The summed E-state index contributed by atoms with van der Waals surface area (Å²) in [5.74, 6) is 1.41. The lowest BCUT2D eigenvalue weighted by Crippen LogP contribution is -1.95. The van der Waals surface area contributed by atoms with Crippen molar-refractivity contribution in [3.8, 4) is 28.7 Å². The molecule has 0 saturated heterocycles. The lowest BCUT2D eigenvalue weighted by Gasteiger charge is -2.14. The zero-order chi connectivity index (χ0) is 13.8. The van der Waals surface area contributed by atoms with Crippen LogP contribution in [0.15, 0.2) is 30.6 Å². The first-order valence-electron chi connectivity index (χ1n) is 5.78. The van der Waals surface area contributed by atoms with Gasteiger partial charge in [0.15, 0.2) is 0 Å². The molecule has 0 aliphatic rings. The van der Waals surface area contributed by atoms with Crippen LogP contribution in [0.5, 0.6) is 11.5 Å². The number of rotatable bonds is 3. The summed E-state index contributed by atoms with van der Waals surface area (Å²) in [6.45, 7) is 1.96. The minimum Gasteiger partial charge on any atom is -0.497 e. The molecule has 4 heteroatoms. The number of aromatic nitrogens is 1. The first-order valence-corrected chi connectivity index (χ1v) is 5.78. The Hall–Kier alpha value is -2.54. The molecule has 0 atom stereocenters. The van der Waals surface area contributed by atoms with E-state index in [1.54, 1.807) is 26.6 Å². The van der Waals surface area contributed by atoms with Crippen molar-refractivity contribution >= 4 is 0 Å². The van der Waals surface area contributed by atoms with Gasteiger partial charge in [-0.25, -0.2) is 0 Å². The molecular weight excluding hydrogens is 240 g/mol. The molecule has 2 aromatic rings. The van der Waals surface area contributed by atoms with Gasteiger partial charge >= 0.3 is 0 Å². The van der Waals surface area contributed by atoms with Crippen LogP contribution in [0.4, 0.5) is 0 Å². The number of nitriles is 1. The van der Waals surface area contributed by atoms with E-state index in [-0.39, 0.29) is 0 Å². The van der Waals surface area contributed by atoms with Crippen molar-refractivity contribution in [3.05, 3.63) is 41.7 Å². The standard InChI is InChI=1S/C15H14N2O2/c1-10-6-12(18-2)7-14(19-3)15(10)13-4-5-17-9-11(13)8-16/h4-7,9H,1-3H3. The highest BCUT2D eigenvalue weighted by Crippen LogP contribution is 2.37. The lowest BCUT2D eigenvalue weighted by molar-refractivity contribution is 0.395. The summed E-state index contributed by atoms with van der Waals surface area (Å²) >= 11 is 0. The Morgan fingerprint density at radius 2 is 2.00 bits per heavy atom. The first kappa shape index (κ1) is 12.9. The van der Waals surface area contributed by atoms with Crippen LogP contribution in [0, 0.1) is 18.3 Å². The van der Waals surface area contributed by atoms with E-state index in [0.717, 1.165) is 22.4 Å². The summed E-state index contributed by atoms with van der Waals surface area (Å²) < 4.78 is 10.6. The molecule has 1 heterocycles. The Kier molecular flexibility index (Phi) is 3.67. The van der Waals surface area contributed by atoms with Crippen molar-refractivity contribution in [2.75, 3.05) is 14.2 Å². The van der Waals surface area contributed by atoms with Gasteiger partial charge < -0.3 is 9.47 Å². The van der Waals surface area contributed by atoms with E-state index in [1.165, 1.54) is 0 Å². The number of hydrogen-bond acceptors (Lipinski definition) is 4. The third kappa shape index (κ3) is 2.36. The Labute approximate surface area is 112 Å². The minimum atomic E-state index is 0.522. The third-order valence-electron chi connectivity index (χ3n) is 2.94. The molecule has 0 N–H and O–H groups in total. The molecule has 0 saturated carbocycles. The van der Waals surface area contributed by atoms with Gasteiger partial charge in [-0.1, -0.05) is 0 Å². The SMILES string of the molecule is COc1cc(C)c(-c2ccncc2C#N)c(OC)c1. The van der Waals surface area contributed by atoms with E-state index in [9.17, 15) is 5.26 Å². The molecule has 0 unspecified atom stereocenters. The number of methoxy groups -OCH3 is 2. The molecule has 0 fully saturated rings. The zero-order valence-electron chi connectivity index (χ0n) is 11.1. The fraction of sp³-hybridized carbons (Fsp3) is 0.200. The van der Waals surface area contributed by atoms with Crippen LogP contribution in [-0.2, 0) is 0 Å². The highest BCUT2D eigenvalue weighted by Gasteiger charge is 2.14. The molecular formula is C15H14N2O2. The molecule has 0 aliphatic heterocycles. The quantitative estimate of drug-likeness (QED) is 0.845. The summed E-state index contributed by atoms with van der Waals surface area (Å²) in [6, 6.07) is 7.69. The second-order valence-electron chi connectivity index (χ2n) is 4.05. The van der Waals surface area contributed by atoms with Crippen LogP contribution in [0.1, 0.15) is 11.1 Å². The topological polar surface area (TPSA) is 55.1 Å². The van der Waals surface area contributed by atoms with E-state index in [0.29, 0.717) is 11.3 Å². The summed E-state index contributed by atoms with van der Waals surface area (Å²) in [7, 11) is 3.21. The van der Waals surface area contributed by atoms with Gasteiger partial charge in [0.05, 0.1) is 19.8 Å². The van der Waals surface area contributed by atoms with Crippen LogP contribution in [0.2, 0.25) is 0 Å². The van der Waals surface area contributed by atoms with Gasteiger partial charge in [-0.05, 0) is 24.6 Å². The molecule has 0 aliphatic carbocycles. The number of pyridine rings is 1. The Bertz CT molecular complexity index is 645. The normalized spacial score (nSPS) is 9.79. The molecule has 1 aromatic carbocycles. The molecule has 2 rings (SSSR count). The first-order chi connectivity index (χ1) is 9.21. The van der Waals surface area contributed by atoms with Gasteiger partial charge in [-0.3, -0.25) is 4.98 Å². The Morgan fingerprint density at radius 3 is 2.63 bits per heavy atom. The summed E-state index contributed by atoms with van der Waals surface area (Å²) in [5.41, 5.74) is 3.21. The Balaban J connectivity index is 2.72. The maximum atomic E-state index is 9.18. The van der Waals surface area contributed by atoms with Gasteiger partial charge in [-0.2, -0.15) is 5.26 Å². The fourth-order valence-corrected chi connectivity index (χ4v) is 2.05. The average Bonchev–Trinajstić information content (AvgIpc) is 2.46. The second-order valence-corrected chi connectivity index (χ2v) is 4.05. The molecule has 96 valence electrons. The van der Waals surface area contributed by atoms with E-state index in [4.69, 9.17) is 9.47 Å². The van der Waals surface area contributed by atoms with E-state index in [2.05, 4.69) is 11.1 Å². The fourth-order valence-electron chi connectivity index (χ4n) is 2.05. The number of ether oxygens (including phenoxy) is 2. The number of aryl methyl sites for hydroxylation is 1. The van der Waals surface area contributed by atoms with Crippen molar-refractivity contribution in [1.82, 2.24) is 4.98 Å². The largest absolute Gasteiger partial charge is 0.497 e. The van der Waals surface area contributed by atoms with Gasteiger partial charge in [0.1, 0.15) is 17.6 Å². The predicted octanol–water partition coefficient (Wildman–Crippen LogP) is 2.95. The van der Waals surface area contributed by atoms with Gasteiger partial charge in [0.25, 0.3) is 0 Å². The molecule has 0 radical (unpaired) electrons. The monoisotopic (exact) mass is 254 g/mol. The van der Waals surface area contributed by atoms with Gasteiger partial charge in [0, 0.05) is 29.6 Å². The minimum absolute atomic E-state index is 0.522. The number of hydrogen-bond donors (Lipinski definition) is 0. The van der Waals surface area contributed by atoms with Crippen LogP contribution in [-0.4, -0.2) is 19.2 Å². The highest BCUT2D eigenvalue weighted by molar-refractivity contribution is 5.79. The van der Waals surface area contributed by atoms with Crippen molar-refractivity contribution in [3.63, 3.8) is 0 Å². The molecule has 4 nitrogen and oxygen atoms in total. The summed E-state index contributed by atoms with van der Waals surface area (Å²) in [5, 5.41) is 9.18. The summed E-state index contributed by atoms with van der Waals surface area (Å²) in [6.07, 6.45) is 3.22. The lowest BCUT2D eigenvalue weighted by atomic mass is 9.96. The van der Waals surface area contributed by atoms with E-state index >= 15 is 0 Å². The maximum Gasteiger partial charge on any atom is 0.130 e. The second kappa shape index (κ2) is 5.40. The van der Waals surface area contributed by atoms with Crippen molar-refractivity contribution in [1.29, 1.82) is 5.26 Å². The molecule has 0 bridgehead atoms. The smallest absolute Gasteiger partial charge is 0.130 e. The average molecular weight is 254 g/mol. The molecule has 0 amide bonds. The van der Waals surface area contributed by atoms with E-state index in [1.807, 2.05) is 25.1 Å². The maximum absolute atomic E-state index is 9.18. The van der Waals surface area contributed by atoms with Crippen molar-refractivity contribution in [2.45, 2.75) is 6.92 Å². The van der Waals surface area contributed by atoms with Crippen LogP contribution >= 0.6 is 0 Å². The number of nitrogens with zero attached hydrogens (tertiary/aromatic N) is 2. The van der Waals surface area contributed by atoms with Crippen LogP contribution in [0.3, 0.4) is 0 Å². The molecule has 0 spiro atoms. The van der Waals surface area contributed by atoms with Crippen LogP contribution in [0.25, 0.3) is 11.1 Å². The van der Waals surface area contributed by atoms with E-state index < -0.39 is 0 Å². The van der Waals surface area contributed by atoms with Crippen LogP contribution < -0.4 is 9.47 Å². The third-order valence-corrected chi connectivity index (χ3v) is 2.94. The summed E-state index contributed by atoms with van der Waals surface area (Å²) in [4.78, 5) is 3.97. The number of benzene rings is 1. The Morgan fingerprint density at radius 1 is 1.21 bits per heavy atom. The van der Waals surface area contributed by atoms with Crippen molar-refractivity contribution in [2.24, 2.45) is 0 Å². The predicted molar refractivity (Wildman–Crippen MR) is 72.2 cm³/mol.